The third kappa shape index (κ3) is 4.56. The van der Waals surface area contributed by atoms with E-state index >= 15 is 0 Å². The Bertz CT molecular complexity index is 647. The molecule has 6 heteroatoms. The minimum absolute atomic E-state index is 0.250. The molecule has 0 amide bonds. The van der Waals surface area contributed by atoms with Crippen LogP contribution in [0.2, 0.25) is 5.02 Å². The summed E-state index contributed by atoms with van der Waals surface area (Å²) in [7, 11) is 1.58. The molecular formula is C16H17ClN2O3. The smallest absolute Gasteiger partial charge is 0.174 e. The highest BCUT2D eigenvalue weighted by Gasteiger charge is 2.06. The average Bonchev–Trinajstić information content (AvgIpc) is 2.54. The Hall–Kier alpha value is -2.40. The maximum Gasteiger partial charge on any atom is 0.174 e. The number of halogens is 1. The van der Waals surface area contributed by atoms with Crippen LogP contribution in [0.4, 0.5) is 0 Å². The van der Waals surface area contributed by atoms with Gasteiger partial charge in [0.05, 0.1) is 12.7 Å². The number of ether oxygens (including phenoxy) is 2. The van der Waals surface area contributed by atoms with Gasteiger partial charge in [0.25, 0.3) is 0 Å². The highest BCUT2D eigenvalue weighted by Crippen LogP contribution is 2.17. The minimum atomic E-state index is 0.250. The fourth-order valence-corrected chi connectivity index (χ4v) is 1.95. The molecular weight excluding hydrogens is 304 g/mol. The highest BCUT2D eigenvalue weighted by atomic mass is 35.5. The van der Waals surface area contributed by atoms with E-state index in [9.17, 15) is 0 Å². The van der Waals surface area contributed by atoms with Crippen LogP contribution in [0.3, 0.4) is 0 Å². The van der Waals surface area contributed by atoms with Crippen molar-refractivity contribution >= 4 is 17.4 Å². The van der Waals surface area contributed by atoms with Gasteiger partial charge in [-0.1, -0.05) is 35.0 Å². The zero-order valence-electron chi connectivity index (χ0n) is 12.2. The molecule has 2 N–H and O–H groups in total. The average molecular weight is 321 g/mol. The fourth-order valence-electron chi connectivity index (χ4n) is 1.77. The van der Waals surface area contributed by atoms with E-state index in [1.165, 1.54) is 0 Å². The van der Waals surface area contributed by atoms with E-state index in [4.69, 9.17) is 31.6 Å². The van der Waals surface area contributed by atoms with Crippen LogP contribution in [0.1, 0.15) is 5.56 Å². The number of rotatable bonds is 7. The predicted molar refractivity (Wildman–Crippen MR) is 86.6 cm³/mol. The number of benzene rings is 2. The van der Waals surface area contributed by atoms with Gasteiger partial charge in [-0.25, -0.2) is 0 Å². The standard InChI is InChI=1S/C16H17ClN2O3/c1-20-15-8-3-2-7-14(15)16(18)19-22-10-9-21-13-6-4-5-12(17)11-13/h2-8,11H,9-10H2,1H3,(H2,18,19). The molecule has 22 heavy (non-hydrogen) atoms. The molecule has 0 aliphatic carbocycles. The quantitative estimate of drug-likeness (QED) is 0.368. The monoisotopic (exact) mass is 320 g/mol. The summed E-state index contributed by atoms with van der Waals surface area (Å²) in [5, 5.41) is 4.48. The van der Waals surface area contributed by atoms with Gasteiger partial charge in [-0.3, -0.25) is 0 Å². The molecule has 0 aliphatic rings. The molecule has 5 nitrogen and oxygen atoms in total. The molecule has 0 fully saturated rings. The Labute approximate surface area is 134 Å². The van der Waals surface area contributed by atoms with E-state index in [-0.39, 0.29) is 12.4 Å². The van der Waals surface area contributed by atoms with Crippen LogP contribution >= 0.6 is 11.6 Å². The molecule has 0 aromatic heterocycles. The Morgan fingerprint density at radius 3 is 2.73 bits per heavy atom. The van der Waals surface area contributed by atoms with E-state index in [0.29, 0.717) is 28.7 Å². The molecule has 0 bridgehead atoms. The Morgan fingerprint density at radius 2 is 1.95 bits per heavy atom. The van der Waals surface area contributed by atoms with E-state index < -0.39 is 0 Å². The van der Waals surface area contributed by atoms with Gasteiger partial charge in [0, 0.05) is 5.02 Å². The molecule has 0 saturated heterocycles. The van der Waals surface area contributed by atoms with Gasteiger partial charge in [-0.15, -0.1) is 0 Å². The summed E-state index contributed by atoms with van der Waals surface area (Å²) in [6, 6.07) is 14.5. The van der Waals surface area contributed by atoms with Crippen LogP contribution in [-0.2, 0) is 4.84 Å². The van der Waals surface area contributed by atoms with Crippen LogP contribution in [0.25, 0.3) is 0 Å². The number of oxime groups is 1. The van der Waals surface area contributed by atoms with Gasteiger partial charge < -0.3 is 20.0 Å². The van der Waals surface area contributed by atoms with Gasteiger partial charge in [-0.2, -0.15) is 0 Å². The molecule has 2 rings (SSSR count). The summed E-state index contributed by atoms with van der Waals surface area (Å²) in [6.07, 6.45) is 0. The maximum absolute atomic E-state index is 5.87. The molecule has 0 heterocycles. The van der Waals surface area contributed by atoms with Crippen LogP contribution in [-0.4, -0.2) is 26.2 Å². The number of methoxy groups -OCH3 is 1. The molecule has 2 aromatic rings. The third-order valence-electron chi connectivity index (χ3n) is 2.79. The minimum Gasteiger partial charge on any atom is -0.496 e. The zero-order valence-corrected chi connectivity index (χ0v) is 12.9. The summed E-state index contributed by atoms with van der Waals surface area (Å²) in [4.78, 5) is 5.15. The Kier molecular flexibility index (Phi) is 5.91. The van der Waals surface area contributed by atoms with Crippen LogP contribution in [0.5, 0.6) is 11.5 Å². The molecule has 0 radical (unpaired) electrons. The van der Waals surface area contributed by atoms with Crippen molar-refractivity contribution in [2.75, 3.05) is 20.3 Å². The molecule has 116 valence electrons. The lowest BCUT2D eigenvalue weighted by Gasteiger charge is -2.08. The lowest BCUT2D eigenvalue weighted by Crippen LogP contribution is -2.16. The number of nitrogens with two attached hydrogens (primary N) is 1. The van der Waals surface area contributed by atoms with Crippen molar-refractivity contribution in [3.63, 3.8) is 0 Å². The first-order valence-electron chi connectivity index (χ1n) is 6.68. The summed E-state index contributed by atoms with van der Waals surface area (Å²) in [5.74, 6) is 1.57. The van der Waals surface area contributed by atoms with Crippen molar-refractivity contribution in [3.05, 3.63) is 59.1 Å². The molecule has 0 atom stereocenters. The number of nitrogens with zero attached hydrogens (tertiary/aromatic N) is 1. The van der Waals surface area contributed by atoms with Gasteiger partial charge in [0.15, 0.2) is 12.4 Å². The van der Waals surface area contributed by atoms with E-state index in [1.54, 1.807) is 25.3 Å². The predicted octanol–water partition coefficient (Wildman–Crippen LogP) is 3.06. The molecule has 0 aliphatic heterocycles. The van der Waals surface area contributed by atoms with Gasteiger partial charge in [-0.05, 0) is 30.3 Å². The van der Waals surface area contributed by atoms with Crippen LogP contribution in [0.15, 0.2) is 53.7 Å². The lowest BCUT2D eigenvalue weighted by atomic mass is 10.2. The topological polar surface area (TPSA) is 66.1 Å². The SMILES string of the molecule is COc1ccccc1/C(N)=N/OCCOc1cccc(Cl)c1. The third-order valence-corrected chi connectivity index (χ3v) is 3.02. The summed E-state index contributed by atoms with van der Waals surface area (Å²) in [6.45, 7) is 0.603. The molecule has 0 saturated carbocycles. The number of para-hydroxylation sites is 1. The van der Waals surface area contributed by atoms with Crippen molar-refractivity contribution in [3.8, 4) is 11.5 Å². The second-order valence-electron chi connectivity index (χ2n) is 4.32. The molecule has 2 aromatic carbocycles. The van der Waals surface area contributed by atoms with E-state index in [2.05, 4.69) is 5.16 Å². The maximum atomic E-state index is 5.87. The van der Waals surface area contributed by atoms with Crippen molar-refractivity contribution < 1.29 is 14.3 Å². The molecule has 0 spiro atoms. The Balaban J connectivity index is 1.82. The number of hydrogen-bond donors (Lipinski definition) is 1. The first-order valence-corrected chi connectivity index (χ1v) is 7.05. The van der Waals surface area contributed by atoms with Crippen molar-refractivity contribution in [1.29, 1.82) is 0 Å². The Morgan fingerprint density at radius 1 is 1.14 bits per heavy atom. The normalized spacial score (nSPS) is 11.1. The summed E-state index contributed by atoms with van der Waals surface area (Å²) < 4.78 is 10.7. The van der Waals surface area contributed by atoms with Gasteiger partial charge >= 0.3 is 0 Å². The second kappa shape index (κ2) is 8.14. The number of amidine groups is 1. The lowest BCUT2D eigenvalue weighted by molar-refractivity contribution is 0.107. The first kappa shape index (κ1) is 16.0. The number of hydrogen-bond acceptors (Lipinski definition) is 4. The molecule has 0 unspecified atom stereocenters. The second-order valence-corrected chi connectivity index (χ2v) is 4.75. The largest absolute Gasteiger partial charge is 0.496 e. The van der Waals surface area contributed by atoms with Crippen molar-refractivity contribution in [2.24, 2.45) is 10.9 Å². The van der Waals surface area contributed by atoms with E-state index in [0.717, 1.165) is 0 Å². The van der Waals surface area contributed by atoms with Crippen LogP contribution in [0, 0.1) is 0 Å². The zero-order chi connectivity index (χ0) is 15.8. The van der Waals surface area contributed by atoms with E-state index in [1.807, 2.05) is 30.3 Å². The summed E-state index contributed by atoms with van der Waals surface area (Å²) >= 11 is 5.86. The van der Waals surface area contributed by atoms with Gasteiger partial charge in [0.2, 0.25) is 0 Å². The summed E-state index contributed by atoms with van der Waals surface area (Å²) in [5.41, 5.74) is 6.55. The first-order chi connectivity index (χ1) is 10.7. The van der Waals surface area contributed by atoms with Crippen molar-refractivity contribution in [2.45, 2.75) is 0 Å². The van der Waals surface area contributed by atoms with Gasteiger partial charge in [0.1, 0.15) is 18.1 Å². The fraction of sp³-hybridized carbons (Fsp3) is 0.188. The van der Waals surface area contributed by atoms with Crippen LogP contribution < -0.4 is 15.2 Å². The van der Waals surface area contributed by atoms with Crippen molar-refractivity contribution in [1.82, 2.24) is 0 Å². The highest BCUT2D eigenvalue weighted by molar-refractivity contribution is 6.30.